The molecule has 0 amide bonds. The monoisotopic (exact) mass is 474 g/mol. The van der Waals surface area contributed by atoms with E-state index < -0.39 is 0 Å². The second-order valence-corrected chi connectivity index (χ2v) is 10.2. The van der Waals surface area contributed by atoms with Gasteiger partial charge in [0, 0.05) is 42.8 Å². The summed E-state index contributed by atoms with van der Waals surface area (Å²) in [7, 11) is 0. The Morgan fingerprint density at radius 2 is 1.89 bits per heavy atom. The smallest absolute Gasteiger partial charge is 0.258 e. The Bertz CT molecular complexity index is 1190. The minimum atomic E-state index is -0.0689. The number of aryl methyl sites for hydroxylation is 1. The largest absolute Gasteiger partial charge is 0.370 e. The molecule has 3 heterocycles. The molecule has 0 saturated carbocycles. The zero-order chi connectivity index (χ0) is 25.4. The van der Waals surface area contributed by atoms with Gasteiger partial charge in [0.1, 0.15) is 5.65 Å². The SMILES string of the molecule is C/C=C\c1cc(-c2cc(=O)n3cc(N(CC(C)C)CC(C)CCC)ccc3n2)cnc1CCCC. The summed E-state index contributed by atoms with van der Waals surface area (Å²) in [6, 6.07) is 7.80. The highest BCUT2D eigenvalue weighted by Crippen LogP contribution is 2.23. The molecule has 1 atom stereocenters. The van der Waals surface area contributed by atoms with Crippen molar-refractivity contribution in [2.75, 3.05) is 18.0 Å². The third kappa shape index (κ3) is 7.03. The van der Waals surface area contributed by atoms with E-state index in [2.05, 4.69) is 57.7 Å². The highest BCUT2D eigenvalue weighted by Gasteiger charge is 2.15. The second-order valence-electron chi connectivity index (χ2n) is 10.2. The van der Waals surface area contributed by atoms with Crippen molar-refractivity contribution in [3.63, 3.8) is 0 Å². The van der Waals surface area contributed by atoms with E-state index in [1.165, 1.54) is 12.8 Å². The summed E-state index contributed by atoms with van der Waals surface area (Å²) in [6.45, 7) is 15.2. The van der Waals surface area contributed by atoms with Crippen molar-refractivity contribution >= 4 is 17.4 Å². The van der Waals surface area contributed by atoms with Gasteiger partial charge in [0.25, 0.3) is 5.56 Å². The van der Waals surface area contributed by atoms with Crippen molar-refractivity contribution < 1.29 is 0 Å². The zero-order valence-corrected chi connectivity index (χ0v) is 22.4. The van der Waals surface area contributed by atoms with Crippen LogP contribution in [0.3, 0.4) is 0 Å². The third-order valence-corrected chi connectivity index (χ3v) is 6.32. The van der Waals surface area contributed by atoms with Gasteiger partial charge in [-0.3, -0.25) is 14.2 Å². The first-order valence-electron chi connectivity index (χ1n) is 13.3. The molecular formula is C30H42N4O. The maximum absolute atomic E-state index is 13.2. The van der Waals surface area contributed by atoms with E-state index in [-0.39, 0.29) is 5.56 Å². The Hall–Kier alpha value is -2.95. The summed E-state index contributed by atoms with van der Waals surface area (Å²) < 4.78 is 1.67. The van der Waals surface area contributed by atoms with Crippen LogP contribution in [-0.4, -0.2) is 27.5 Å². The first kappa shape index (κ1) is 26.7. The maximum atomic E-state index is 13.2. The lowest BCUT2D eigenvalue weighted by molar-refractivity contribution is 0.491. The fraction of sp³-hybridized carbons (Fsp3) is 0.500. The maximum Gasteiger partial charge on any atom is 0.258 e. The summed E-state index contributed by atoms with van der Waals surface area (Å²) in [6.07, 6.45) is 13.5. The van der Waals surface area contributed by atoms with Gasteiger partial charge in [-0.15, -0.1) is 0 Å². The molecule has 0 N–H and O–H groups in total. The molecular weight excluding hydrogens is 432 g/mol. The Labute approximate surface area is 210 Å². The molecule has 188 valence electrons. The number of anilines is 1. The molecule has 0 radical (unpaired) electrons. The predicted molar refractivity (Wildman–Crippen MR) is 149 cm³/mol. The summed E-state index contributed by atoms with van der Waals surface area (Å²) in [5, 5.41) is 0. The van der Waals surface area contributed by atoms with Crippen LogP contribution in [0.25, 0.3) is 23.0 Å². The van der Waals surface area contributed by atoms with Crippen LogP contribution in [0.1, 0.15) is 78.5 Å². The van der Waals surface area contributed by atoms with E-state index in [1.807, 2.05) is 31.5 Å². The Morgan fingerprint density at radius 1 is 1.09 bits per heavy atom. The average Bonchev–Trinajstić information content (AvgIpc) is 2.82. The van der Waals surface area contributed by atoms with E-state index in [0.29, 0.717) is 23.2 Å². The van der Waals surface area contributed by atoms with Gasteiger partial charge in [0.05, 0.1) is 11.4 Å². The van der Waals surface area contributed by atoms with Crippen molar-refractivity contribution in [3.8, 4) is 11.3 Å². The Balaban J connectivity index is 1.98. The standard InChI is InChI=1S/C30H42N4O/c1-7-10-13-27-24(12-9-3)16-25(18-31-27)28-17-30(35)34-21-26(14-15-29(34)32-28)33(19-22(4)5)20-23(6)11-8-2/h9,12,14-18,21-23H,7-8,10-11,13,19-20H2,1-6H3/b12-9-. The summed E-state index contributed by atoms with van der Waals surface area (Å²) in [5.74, 6) is 1.14. The lowest BCUT2D eigenvalue weighted by Crippen LogP contribution is -2.32. The molecule has 35 heavy (non-hydrogen) atoms. The van der Waals surface area contributed by atoms with Gasteiger partial charge < -0.3 is 4.90 Å². The van der Waals surface area contributed by atoms with E-state index >= 15 is 0 Å². The highest BCUT2D eigenvalue weighted by atomic mass is 16.1. The van der Waals surface area contributed by atoms with Crippen LogP contribution in [-0.2, 0) is 6.42 Å². The van der Waals surface area contributed by atoms with Gasteiger partial charge in [-0.05, 0) is 61.8 Å². The predicted octanol–water partition coefficient (Wildman–Crippen LogP) is 7.03. The third-order valence-electron chi connectivity index (χ3n) is 6.32. The fourth-order valence-electron chi connectivity index (χ4n) is 4.64. The minimum absolute atomic E-state index is 0.0689. The van der Waals surface area contributed by atoms with Crippen LogP contribution in [0.5, 0.6) is 0 Å². The topological polar surface area (TPSA) is 50.5 Å². The van der Waals surface area contributed by atoms with Crippen LogP contribution in [0.4, 0.5) is 5.69 Å². The normalized spacial score (nSPS) is 12.7. The quantitative estimate of drug-likeness (QED) is 0.283. The van der Waals surface area contributed by atoms with Crippen molar-refractivity contribution in [2.24, 2.45) is 11.8 Å². The lowest BCUT2D eigenvalue weighted by atomic mass is 10.0. The van der Waals surface area contributed by atoms with Gasteiger partial charge in [0.15, 0.2) is 0 Å². The van der Waals surface area contributed by atoms with Gasteiger partial charge in [-0.25, -0.2) is 4.98 Å². The number of hydrogen-bond acceptors (Lipinski definition) is 4. The second kappa shape index (κ2) is 12.7. The molecule has 0 spiro atoms. The van der Waals surface area contributed by atoms with Crippen molar-refractivity contribution in [2.45, 2.75) is 73.6 Å². The van der Waals surface area contributed by atoms with Crippen LogP contribution in [0.2, 0.25) is 0 Å². The van der Waals surface area contributed by atoms with E-state index in [4.69, 9.17) is 9.97 Å². The summed E-state index contributed by atoms with van der Waals surface area (Å²) in [4.78, 5) is 25.1. The van der Waals surface area contributed by atoms with Crippen LogP contribution >= 0.6 is 0 Å². The molecule has 1 unspecified atom stereocenters. The molecule has 0 aliphatic rings. The number of pyridine rings is 2. The van der Waals surface area contributed by atoms with Gasteiger partial charge >= 0.3 is 0 Å². The molecule has 3 rings (SSSR count). The fourth-order valence-corrected chi connectivity index (χ4v) is 4.64. The molecule has 0 fully saturated rings. The number of rotatable bonds is 12. The number of aromatic nitrogens is 3. The summed E-state index contributed by atoms with van der Waals surface area (Å²) in [5.41, 5.74) is 5.39. The molecule has 3 aromatic rings. The average molecular weight is 475 g/mol. The molecule has 5 nitrogen and oxygen atoms in total. The first-order chi connectivity index (χ1) is 16.9. The number of fused-ring (bicyclic) bond motifs is 1. The number of hydrogen-bond donors (Lipinski definition) is 0. The molecule has 0 aliphatic heterocycles. The number of nitrogens with zero attached hydrogens (tertiary/aromatic N) is 4. The Morgan fingerprint density at radius 3 is 2.57 bits per heavy atom. The minimum Gasteiger partial charge on any atom is -0.370 e. The van der Waals surface area contributed by atoms with Crippen LogP contribution in [0, 0.1) is 11.8 Å². The van der Waals surface area contributed by atoms with Crippen molar-refractivity contribution in [3.05, 3.63) is 64.3 Å². The molecule has 5 heteroatoms. The molecule has 0 saturated heterocycles. The lowest BCUT2D eigenvalue weighted by Gasteiger charge is -2.29. The number of unbranched alkanes of at least 4 members (excludes halogenated alkanes) is 1. The van der Waals surface area contributed by atoms with Crippen molar-refractivity contribution in [1.29, 1.82) is 0 Å². The molecule has 0 aliphatic carbocycles. The van der Waals surface area contributed by atoms with E-state index in [1.54, 1.807) is 10.5 Å². The molecule has 3 aromatic heterocycles. The first-order valence-corrected chi connectivity index (χ1v) is 13.3. The Kier molecular flexibility index (Phi) is 9.64. The van der Waals surface area contributed by atoms with Gasteiger partial charge in [-0.2, -0.15) is 0 Å². The van der Waals surface area contributed by atoms with Crippen LogP contribution in [0.15, 0.2) is 47.5 Å². The van der Waals surface area contributed by atoms with Gasteiger partial charge in [-0.1, -0.05) is 59.6 Å². The molecule has 0 aromatic carbocycles. The van der Waals surface area contributed by atoms with E-state index in [9.17, 15) is 4.79 Å². The van der Waals surface area contributed by atoms with Gasteiger partial charge in [0.2, 0.25) is 0 Å². The van der Waals surface area contributed by atoms with E-state index in [0.717, 1.165) is 54.9 Å². The zero-order valence-electron chi connectivity index (χ0n) is 22.4. The van der Waals surface area contributed by atoms with Crippen LogP contribution < -0.4 is 10.5 Å². The number of allylic oxidation sites excluding steroid dienone is 1. The summed E-state index contributed by atoms with van der Waals surface area (Å²) >= 11 is 0. The van der Waals surface area contributed by atoms with Crippen molar-refractivity contribution in [1.82, 2.24) is 14.4 Å². The highest BCUT2D eigenvalue weighted by molar-refractivity contribution is 5.66. The molecule has 0 bridgehead atoms.